The van der Waals surface area contributed by atoms with Crippen LogP contribution in [0.1, 0.15) is 29.3 Å². The van der Waals surface area contributed by atoms with Crippen LogP contribution in [0.4, 0.5) is 0 Å². The lowest BCUT2D eigenvalue weighted by molar-refractivity contribution is 0.0671. The van der Waals surface area contributed by atoms with E-state index in [0.29, 0.717) is 18.8 Å². The summed E-state index contributed by atoms with van der Waals surface area (Å²) in [7, 11) is 1.86. The minimum absolute atomic E-state index is 0.0217. The summed E-state index contributed by atoms with van der Waals surface area (Å²) in [4.78, 5) is 14.7. The summed E-state index contributed by atoms with van der Waals surface area (Å²) in [5, 5.41) is 16.8. The van der Waals surface area contributed by atoms with Crippen LogP contribution in [0.5, 0.6) is 0 Å². The molecule has 29 heavy (non-hydrogen) atoms. The van der Waals surface area contributed by atoms with Gasteiger partial charge >= 0.3 is 0 Å². The van der Waals surface area contributed by atoms with E-state index >= 15 is 0 Å². The molecule has 4 aromatic rings. The summed E-state index contributed by atoms with van der Waals surface area (Å²) < 4.78 is 9.18. The number of carbonyl (C=O) groups excluding carboxylic acids is 1. The molecule has 0 fully saturated rings. The van der Waals surface area contributed by atoms with Crippen molar-refractivity contribution in [2.75, 3.05) is 6.54 Å². The Labute approximate surface area is 166 Å². The number of fused-ring (bicyclic) bond motifs is 1. The van der Waals surface area contributed by atoms with E-state index in [4.69, 9.17) is 4.52 Å². The first-order valence-corrected chi connectivity index (χ1v) is 9.34. The van der Waals surface area contributed by atoms with Crippen molar-refractivity contribution in [3.8, 4) is 22.7 Å². The number of benzene rings is 1. The molecule has 0 N–H and O–H groups in total. The third kappa shape index (κ3) is 3.00. The molecular weight excluding hydrogens is 370 g/mol. The van der Waals surface area contributed by atoms with Gasteiger partial charge in [-0.3, -0.25) is 9.48 Å². The summed E-state index contributed by atoms with van der Waals surface area (Å²) in [6.45, 7) is 2.94. The number of nitrogens with zero attached hydrogens (tertiary/aromatic N) is 7. The van der Waals surface area contributed by atoms with E-state index in [-0.39, 0.29) is 17.6 Å². The quantitative estimate of drug-likeness (QED) is 0.534. The summed E-state index contributed by atoms with van der Waals surface area (Å²) in [5.41, 5.74) is 2.07. The second-order valence-electron chi connectivity index (χ2n) is 7.19. The van der Waals surface area contributed by atoms with Crippen LogP contribution in [0.2, 0.25) is 0 Å². The summed E-state index contributed by atoms with van der Waals surface area (Å²) >= 11 is 0. The van der Waals surface area contributed by atoms with Crippen molar-refractivity contribution in [3.63, 3.8) is 0 Å². The van der Waals surface area contributed by atoms with E-state index in [0.717, 1.165) is 22.8 Å². The number of hydrogen-bond acceptors (Lipinski definition) is 6. The van der Waals surface area contributed by atoms with Gasteiger partial charge in [0.25, 0.3) is 5.91 Å². The second kappa shape index (κ2) is 6.69. The third-order valence-corrected chi connectivity index (χ3v) is 5.06. The smallest absolute Gasteiger partial charge is 0.276 e. The molecule has 146 valence electrons. The lowest BCUT2D eigenvalue weighted by atomic mass is 10.1. The number of aromatic nitrogens is 6. The van der Waals surface area contributed by atoms with Gasteiger partial charge in [-0.05, 0) is 6.92 Å². The Morgan fingerprint density at radius 2 is 2.00 bits per heavy atom. The van der Waals surface area contributed by atoms with Crippen molar-refractivity contribution in [2.45, 2.75) is 19.5 Å². The van der Waals surface area contributed by atoms with Gasteiger partial charge in [0.15, 0.2) is 23.1 Å². The van der Waals surface area contributed by atoms with Gasteiger partial charge in [-0.2, -0.15) is 5.10 Å². The van der Waals surface area contributed by atoms with Crippen molar-refractivity contribution in [2.24, 2.45) is 7.05 Å². The molecule has 1 aromatic carbocycles. The molecule has 9 nitrogen and oxygen atoms in total. The highest BCUT2D eigenvalue weighted by Crippen LogP contribution is 2.28. The summed E-state index contributed by atoms with van der Waals surface area (Å²) in [6.07, 6.45) is 3.67. The second-order valence-corrected chi connectivity index (χ2v) is 7.19. The molecule has 0 saturated heterocycles. The van der Waals surface area contributed by atoms with Gasteiger partial charge in [0.1, 0.15) is 0 Å². The Bertz CT molecular complexity index is 1170. The molecule has 1 atom stereocenters. The minimum Gasteiger partial charge on any atom is -0.355 e. The molecule has 0 saturated carbocycles. The predicted molar refractivity (Wildman–Crippen MR) is 104 cm³/mol. The maximum Gasteiger partial charge on any atom is 0.276 e. The number of aryl methyl sites for hydroxylation is 1. The molecule has 4 heterocycles. The van der Waals surface area contributed by atoms with E-state index in [9.17, 15) is 4.79 Å². The zero-order chi connectivity index (χ0) is 20.0. The highest BCUT2D eigenvalue weighted by Gasteiger charge is 2.31. The third-order valence-electron chi connectivity index (χ3n) is 5.06. The Hall–Kier alpha value is -3.75. The van der Waals surface area contributed by atoms with E-state index in [2.05, 4.69) is 25.0 Å². The molecule has 1 aliphatic heterocycles. The van der Waals surface area contributed by atoms with Crippen molar-refractivity contribution >= 4 is 5.91 Å². The molecule has 0 unspecified atom stereocenters. The van der Waals surface area contributed by atoms with E-state index < -0.39 is 0 Å². The highest BCUT2D eigenvalue weighted by atomic mass is 16.5. The van der Waals surface area contributed by atoms with E-state index in [1.54, 1.807) is 21.8 Å². The topological polar surface area (TPSA) is 94.9 Å². The van der Waals surface area contributed by atoms with Crippen LogP contribution in [0.25, 0.3) is 22.7 Å². The van der Waals surface area contributed by atoms with Gasteiger partial charge < -0.3 is 14.0 Å². The van der Waals surface area contributed by atoms with E-state index in [1.807, 2.05) is 50.5 Å². The fourth-order valence-electron chi connectivity index (χ4n) is 3.70. The Kier molecular flexibility index (Phi) is 4.01. The highest BCUT2D eigenvalue weighted by molar-refractivity contribution is 5.93. The molecule has 5 rings (SSSR count). The first kappa shape index (κ1) is 17.4. The maximum absolute atomic E-state index is 13.0. The zero-order valence-corrected chi connectivity index (χ0v) is 16.1. The van der Waals surface area contributed by atoms with Crippen LogP contribution in [0, 0.1) is 0 Å². The SMILES string of the molecule is C[C@H]1CN(C(=O)c2cc(-c3ccccc3)on2)Cc2nnc(-c3cnn(C)c3)n21. The van der Waals surface area contributed by atoms with Crippen LogP contribution >= 0.6 is 0 Å². The number of hydrogen-bond donors (Lipinski definition) is 0. The monoisotopic (exact) mass is 389 g/mol. The normalized spacial score (nSPS) is 16.1. The summed E-state index contributed by atoms with van der Waals surface area (Å²) in [5.74, 6) is 1.89. The Morgan fingerprint density at radius 3 is 2.76 bits per heavy atom. The first-order chi connectivity index (χ1) is 14.1. The van der Waals surface area contributed by atoms with Crippen molar-refractivity contribution in [3.05, 3.63) is 60.3 Å². The van der Waals surface area contributed by atoms with Crippen molar-refractivity contribution in [1.82, 2.24) is 34.6 Å². The lowest BCUT2D eigenvalue weighted by Crippen LogP contribution is -2.40. The van der Waals surface area contributed by atoms with Crippen molar-refractivity contribution in [1.29, 1.82) is 0 Å². The molecule has 1 amide bonds. The number of amides is 1. The first-order valence-electron chi connectivity index (χ1n) is 9.34. The zero-order valence-electron chi connectivity index (χ0n) is 16.1. The van der Waals surface area contributed by atoms with Gasteiger partial charge in [-0.15, -0.1) is 10.2 Å². The predicted octanol–water partition coefficient (Wildman–Crippen LogP) is 2.55. The van der Waals surface area contributed by atoms with Gasteiger partial charge in [0, 0.05) is 31.4 Å². The van der Waals surface area contributed by atoms with Crippen LogP contribution < -0.4 is 0 Å². The molecule has 0 radical (unpaired) electrons. The lowest BCUT2D eigenvalue weighted by Gasteiger charge is -2.32. The molecular formula is C20H19N7O2. The Balaban J connectivity index is 1.40. The fourth-order valence-corrected chi connectivity index (χ4v) is 3.70. The Morgan fingerprint density at radius 1 is 1.17 bits per heavy atom. The van der Waals surface area contributed by atoms with Crippen LogP contribution in [-0.4, -0.2) is 47.1 Å². The number of carbonyl (C=O) groups is 1. The average molecular weight is 389 g/mol. The van der Waals surface area contributed by atoms with Crippen LogP contribution in [-0.2, 0) is 13.6 Å². The average Bonchev–Trinajstić information content (AvgIpc) is 3.47. The molecule has 0 aliphatic carbocycles. The van der Waals surface area contributed by atoms with Crippen molar-refractivity contribution < 1.29 is 9.32 Å². The molecule has 3 aromatic heterocycles. The summed E-state index contributed by atoms with van der Waals surface area (Å²) in [6, 6.07) is 11.3. The van der Waals surface area contributed by atoms with Gasteiger partial charge in [-0.25, -0.2) is 0 Å². The fraction of sp³-hybridized carbons (Fsp3) is 0.250. The number of rotatable bonds is 3. The molecule has 0 spiro atoms. The minimum atomic E-state index is -0.181. The maximum atomic E-state index is 13.0. The standard InChI is InChI=1S/C20H19N7O2/c1-13-10-26(12-18-22-23-19(27(13)18)15-9-21-25(2)11-15)20(28)16-8-17(29-24-16)14-6-4-3-5-7-14/h3-9,11,13H,10,12H2,1-2H3/t13-/m0/s1. The molecule has 0 bridgehead atoms. The van der Waals surface area contributed by atoms with Crippen LogP contribution in [0.15, 0.2) is 53.3 Å². The van der Waals surface area contributed by atoms with Gasteiger partial charge in [-0.1, -0.05) is 35.5 Å². The van der Waals surface area contributed by atoms with E-state index in [1.165, 1.54) is 0 Å². The molecule has 1 aliphatic rings. The largest absolute Gasteiger partial charge is 0.355 e. The van der Waals surface area contributed by atoms with Crippen LogP contribution in [0.3, 0.4) is 0 Å². The van der Waals surface area contributed by atoms with Gasteiger partial charge in [0.2, 0.25) is 0 Å². The molecule has 9 heteroatoms. The van der Waals surface area contributed by atoms with Gasteiger partial charge in [0.05, 0.1) is 24.3 Å².